The molecule has 1 aromatic rings. The number of aromatic nitrogens is 1. The highest BCUT2D eigenvalue weighted by atomic mass is 19.1. The molecule has 0 N–H and O–H groups in total. The van der Waals surface area contributed by atoms with Crippen molar-refractivity contribution >= 4 is 0 Å². The van der Waals surface area contributed by atoms with Crippen LogP contribution in [0.3, 0.4) is 0 Å². The number of ether oxygens (including phenoxy) is 2. The summed E-state index contributed by atoms with van der Waals surface area (Å²) in [5.74, 6) is 0.650. The molecule has 1 unspecified atom stereocenters. The van der Waals surface area contributed by atoms with Gasteiger partial charge in [0.1, 0.15) is 6.10 Å². The van der Waals surface area contributed by atoms with Crippen molar-refractivity contribution in [2.75, 3.05) is 32.8 Å². The third-order valence-corrected chi connectivity index (χ3v) is 4.06. The summed E-state index contributed by atoms with van der Waals surface area (Å²) in [6.07, 6.45) is 3.44. The summed E-state index contributed by atoms with van der Waals surface area (Å²) < 4.78 is 24.2. The second kappa shape index (κ2) is 6.50. The van der Waals surface area contributed by atoms with Crippen molar-refractivity contribution < 1.29 is 13.9 Å². The van der Waals surface area contributed by atoms with E-state index in [4.69, 9.17) is 9.47 Å². The van der Waals surface area contributed by atoms with E-state index >= 15 is 0 Å². The largest absolute Gasteiger partial charge is 0.473 e. The molecule has 0 bridgehead atoms. The lowest BCUT2D eigenvalue weighted by molar-refractivity contribution is 0.0541. The molecule has 2 aliphatic rings. The molecule has 0 radical (unpaired) electrons. The second-order valence-corrected chi connectivity index (χ2v) is 5.64. The first-order valence-electron chi connectivity index (χ1n) is 7.39. The van der Waals surface area contributed by atoms with Crippen LogP contribution in [0.1, 0.15) is 19.3 Å². The van der Waals surface area contributed by atoms with Crippen molar-refractivity contribution in [3.63, 3.8) is 0 Å². The van der Waals surface area contributed by atoms with Gasteiger partial charge in [-0.1, -0.05) is 6.07 Å². The van der Waals surface area contributed by atoms with Gasteiger partial charge < -0.3 is 9.47 Å². The number of pyridine rings is 1. The smallest absolute Gasteiger partial charge is 0.216 e. The van der Waals surface area contributed by atoms with E-state index in [1.165, 1.54) is 6.07 Å². The Hall–Kier alpha value is -1.20. The van der Waals surface area contributed by atoms with Gasteiger partial charge in [0.25, 0.3) is 0 Å². The molecule has 0 aromatic carbocycles. The van der Waals surface area contributed by atoms with Crippen molar-refractivity contribution in [2.45, 2.75) is 25.4 Å². The van der Waals surface area contributed by atoms with Gasteiger partial charge in [0.15, 0.2) is 0 Å². The number of likely N-dealkylation sites (tertiary alicyclic amines) is 1. The number of halogens is 1. The highest BCUT2D eigenvalue weighted by molar-refractivity contribution is 5.11. The molecule has 4 nitrogen and oxygen atoms in total. The van der Waals surface area contributed by atoms with E-state index in [0.717, 1.165) is 58.0 Å². The van der Waals surface area contributed by atoms with E-state index in [9.17, 15) is 4.39 Å². The van der Waals surface area contributed by atoms with Crippen LogP contribution in [0, 0.1) is 11.9 Å². The monoisotopic (exact) mass is 280 g/mol. The first-order chi connectivity index (χ1) is 9.79. The summed E-state index contributed by atoms with van der Waals surface area (Å²) >= 11 is 0. The van der Waals surface area contributed by atoms with Crippen LogP contribution in [0.15, 0.2) is 18.2 Å². The fourth-order valence-electron chi connectivity index (χ4n) is 2.98. The van der Waals surface area contributed by atoms with E-state index in [1.54, 1.807) is 12.1 Å². The fraction of sp³-hybridized carbons (Fsp3) is 0.667. The maximum Gasteiger partial charge on any atom is 0.216 e. The Kier molecular flexibility index (Phi) is 4.47. The fourth-order valence-corrected chi connectivity index (χ4v) is 2.98. The van der Waals surface area contributed by atoms with Gasteiger partial charge in [0.05, 0.1) is 0 Å². The molecule has 5 heteroatoms. The molecular weight excluding hydrogens is 259 g/mol. The maximum absolute atomic E-state index is 13.0. The first-order valence-corrected chi connectivity index (χ1v) is 7.39. The van der Waals surface area contributed by atoms with Gasteiger partial charge in [-0.3, -0.25) is 4.90 Å². The lowest BCUT2D eigenvalue weighted by Gasteiger charge is -2.26. The third kappa shape index (κ3) is 3.67. The first kappa shape index (κ1) is 13.8. The minimum Gasteiger partial charge on any atom is -0.473 e. The van der Waals surface area contributed by atoms with Gasteiger partial charge in [-0.25, -0.2) is 0 Å². The molecule has 20 heavy (non-hydrogen) atoms. The van der Waals surface area contributed by atoms with E-state index in [1.807, 2.05) is 0 Å². The van der Waals surface area contributed by atoms with Crippen LogP contribution >= 0.6 is 0 Å². The minimum atomic E-state index is -0.487. The standard InChI is InChI=1S/C15H21FN2O2/c16-14-2-1-3-15(17-14)20-13-4-7-18(11-13)10-12-5-8-19-9-6-12/h1-3,12-13H,4-11H2. The van der Waals surface area contributed by atoms with E-state index in [-0.39, 0.29) is 6.10 Å². The maximum atomic E-state index is 13.0. The Labute approximate surface area is 118 Å². The SMILES string of the molecule is Fc1cccc(OC2CCN(CC3CCOCC3)C2)n1. The normalized spacial score (nSPS) is 24.9. The van der Waals surface area contributed by atoms with Crippen LogP contribution in [0.2, 0.25) is 0 Å². The summed E-state index contributed by atoms with van der Waals surface area (Å²) in [6, 6.07) is 4.68. The molecule has 0 spiro atoms. The predicted octanol–water partition coefficient (Wildman–Crippen LogP) is 2.10. The van der Waals surface area contributed by atoms with Crippen LogP contribution in [0.5, 0.6) is 5.88 Å². The van der Waals surface area contributed by atoms with Gasteiger partial charge in [0.2, 0.25) is 11.8 Å². The summed E-state index contributed by atoms with van der Waals surface area (Å²) in [5, 5.41) is 0. The minimum absolute atomic E-state index is 0.129. The molecule has 2 saturated heterocycles. The summed E-state index contributed by atoms with van der Waals surface area (Å²) in [6.45, 7) is 4.88. The lowest BCUT2D eigenvalue weighted by Crippen LogP contribution is -2.32. The lowest BCUT2D eigenvalue weighted by atomic mass is 10.00. The predicted molar refractivity (Wildman–Crippen MR) is 73.2 cm³/mol. The van der Waals surface area contributed by atoms with E-state index in [0.29, 0.717) is 5.88 Å². The van der Waals surface area contributed by atoms with Gasteiger partial charge >= 0.3 is 0 Å². The molecular formula is C15H21FN2O2. The van der Waals surface area contributed by atoms with Gasteiger partial charge in [0, 0.05) is 38.9 Å². The van der Waals surface area contributed by atoms with Crippen molar-refractivity contribution in [3.05, 3.63) is 24.1 Å². The summed E-state index contributed by atoms with van der Waals surface area (Å²) in [4.78, 5) is 6.20. The molecule has 2 fully saturated rings. The molecule has 1 atom stereocenters. The molecule has 0 aliphatic carbocycles. The summed E-state index contributed by atoms with van der Waals surface area (Å²) in [7, 11) is 0. The average molecular weight is 280 g/mol. The van der Waals surface area contributed by atoms with E-state index < -0.39 is 5.95 Å². The Morgan fingerprint density at radius 1 is 1.30 bits per heavy atom. The highest BCUT2D eigenvalue weighted by Crippen LogP contribution is 2.21. The number of hydrogen-bond acceptors (Lipinski definition) is 4. The van der Waals surface area contributed by atoms with Crippen LogP contribution in [0.4, 0.5) is 4.39 Å². The van der Waals surface area contributed by atoms with Crippen molar-refractivity contribution in [1.29, 1.82) is 0 Å². The summed E-state index contributed by atoms with van der Waals surface area (Å²) in [5.41, 5.74) is 0. The van der Waals surface area contributed by atoms with Gasteiger partial charge in [-0.15, -0.1) is 0 Å². The number of rotatable bonds is 4. The Morgan fingerprint density at radius 2 is 2.15 bits per heavy atom. The molecule has 1 aromatic heterocycles. The molecule has 110 valence electrons. The van der Waals surface area contributed by atoms with E-state index in [2.05, 4.69) is 9.88 Å². The molecule has 3 rings (SSSR count). The Morgan fingerprint density at radius 3 is 2.95 bits per heavy atom. The average Bonchev–Trinajstić information content (AvgIpc) is 2.87. The van der Waals surface area contributed by atoms with Crippen LogP contribution in [-0.4, -0.2) is 48.8 Å². The Balaban J connectivity index is 1.47. The second-order valence-electron chi connectivity index (χ2n) is 5.64. The molecule has 2 aliphatic heterocycles. The van der Waals surface area contributed by atoms with Crippen molar-refractivity contribution in [1.82, 2.24) is 9.88 Å². The zero-order valence-electron chi connectivity index (χ0n) is 11.6. The van der Waals surface area contributed by atoms with Gasteiger partial charge in [-0.05, 0) is 31.2 Å². The van der Waals surface area contributed by atoms with Crippen LogP contribution in [-0.2, 0) is 4.74 Å². The van der Waals surface area contributed by atoms with Gasteiger partial charge in [-0.2, -0.15) is 9.37 Å². The Bertz CT molecular complexity index is 438. The molecule has 3 heterocycles. The highest BCUT2D eigenvalue weighted by Gasteiger charge is 2.27. The zero-order valence-corrected chi connectivity index (χ0v) is 11.6. The zero-order chi connectivity index (χ0) is 13.8. The van der Waals surface area contributed by atoms with Crippen LogP contribution in [0.25, 0.3) is 0 Å². The third-order valence-electron chi connectivity index (χ3n) is 4.06. The molecule has 0 amide bonds. The number of nitrogens with zero attached hydrogens (tertiary/aromatic N) is 2. The van der Waals surface area contributed by atoms with Crippen molar-refractivity contribution in [2.24, 2.45) is 5.92 Å². The number of hydrogen-bond donors (Lipinski definition) is 0. The molecule has 0 saturated carbocycles. The van der Waals surface area contributed by atoms with Crippen molar-refractivity contribution in [3.8, 4) is 5.88 Å². The topological polar surface area (TPSA) is 34.6 Å². The van der Waals surface area contributed by atoms with Crippen LogP contribution < -0.4 is 4.74 Å². The quantitative estimate of drug-likeness (QED) is 0.791.